The number of hydrazone groups is 1. The van der Waals surface area contributed by atoms with Crippen molar-refractivity contribution < 1.29 is 13.6 Å². The van der Waals surface area contributed by atoms with Crippen LogP contribution in [0.1, 0.15) is 54.0 Å². The zero-order chi connectivity index (χ0) is 20.5. The zero-order valence-corrected chi connectivity index (χ0v) is 17.0. The van der Waals surface area contributed by atoms with Crippen LogP contribution in [-0.2, 0) is 4.79 Å². The van der Waals surface area contributed by atoms with E-state index in [2.05, 4.69) is 41.2 Å². The van der Waals surface area contributed by atoms with Gasteiger partial charge in [-0.15, -0.1) is 0 Å². The third kappa shape index (κ3) is 3.59. The second-order valence-electron chi connectivity index (χ2n) is 8.04. The number of carbonyl (C=O) groups excluding carboxylic acids is 1. The predicted molar refractivity (Wildman–Crippen MR) is 113 cm³/mol. The van der Waals surface area contributed by atoms with Crippen molar-refractivity contribution in [1.29, 1.82) is 0 Å². The Hall–Kier alpha value is -3.12. The fraction of sp³-hybridized carbons (Fsp3) is 0.333. The molecule has 0 saturated carbocycles. The summed E-state index contributed by atoms with van der Waals surface area (Å²) in [6.45, 7) is 3.36. The standard InChI is InChI=1S/C24H25N3O3/c1-17-6-2-7-18(14-17)20-8-3-11-26(20)16-24(28)27-21(23-10-5-13-30-23)15-19(25-27)22-9-4-12-29-22/h2,4-7,9-10,12-14,20-21H,3,8,11,15-16H2,1H3. The highest BCUT2D eigenvalue weighted by Gasteiger charge is 2.37. The predicted octanol–water partition coefficient (Wildman–Crippen LogP) is 4.70. The molecule has 0 aliphatic carbocycles. The van der Waals surface area contributed by atoms with Crippen LogP contribution in [0.2, 0.25) is 0 Å². The van der Waals surface area contributed by atoms with E-state index in [0.717, 1.165) is 30.9 Å². The molecule has 4 heterocycles. The Morgan fingerprint density at radius 3 is 2.73 bits per heavy atom. The first-order valence-corrected chi connectivity index (χ1v) is 10.5. The highest BCUT2D eigenvalue weighted by atomic mass is 16.3. The molecular weight excluding hydrogens is 378 g/mol. The van der Waals surface area contributed by atoms with Crippen LogP contribution in [0.3, 0.4) is 0 Å². The lowest BCUT2D eigenvalue weighted by Gasteiger charge is -2.27. The third-order valence-electron chi connectivity index (χ3n) is 5.97. The van der Waals surface area contributed by atoms with Crippen LogP contribution in [0.25, 0.3) is 0 Å². The van der Waals surface area contributed by atoms with Gasteiger partial charge in [0, 0.05) is 12.5 Å². The van der Waals surface area contributed by atoms with Gasteiger partial charge in [0.25, 0.3) is 5.91 Å². The molecule has 1 aromatic carbocycles. The van der Waals surface area contributed by atoms with Crippen molar-refractivity contribution in [2.24, 2.45) is 5.10 Å². The summed E-state index contributed by atoms with van der Waals surface area (Å²) in [5.74, 6) is 1.42. The maximum absolute atomic E-state index is 13.4. The molecule has 2 unspecified atom stereocenters. The Morgan fingerprint density at radius 1 is 1.10 bits per heavy atom. The second kappa shape index (κ2) is 7.95. The average Bonchev–Trinajstić information content (AvgIpc) is 3.54. The van der Waals surface area contributed by atoms with Crippen molar-refractivity contribution in [2.75, 3.05) is 13.1 Å². The molecule has 2 aliphatic rings. The van der Waals surface area contributed by atoms with E-state index in [-0.39, 0.29) is 18.0 Å². The van der Waals surface area contributed by atoms with E-state index in [9.17, 15) is 4.79 Å². The second-order valence-corrected chi connectivity index (χ2v) is 8.04. The number of carbonyl (C=O) groups is 1. The summed E-state index contributed by atoms with van der Waals surface area (Å²) in [4.78, 5) is 15.6. The Bertz CT molecular complexity index is 1040. The van der Waals surface area contributed by atoms with E-state index in [4.69, 9.17) is 8.83 Å². The molecular formula is C24H25N3O3. The molecule has 3 aromatic rings. The Morgan fingerprint density at radius 2 is 1.97 bits per heavy atom. The molecule has 0 radical (unpaired) electrons. The molecule has 2 aromatic heterocycles. The van der Waals surface area contributed by atoms with E-state index < -0.39 is 0 Å². The largest absolute Gasteiger partial charge is 0.467 e. The number of likely N-dealkylation sites (tertiary alicyclic amines) is 1. The van der Waals surface area contributed by atoms with Crippen LogP contribution in [-0.4, -0.2) is 34.6 Å². The van der Waals surface area contributed by atoms with Gasteiger partial charge in [-0.2, -0.15) is 5.10 Å². The van der Waals surface area contributed by atoms with Gasteiger partial charge in [0.05, 0.1) is 19.1 Å². The van der Waals surface area contributed by atoms with Gasteiger partial charge in [-0.25, -0.2) is 5.01 Å². The Kier molecular flexibility index (Phi) is 5.01. The topological polar surface area (TPSA) is 62.2 Å². The number of hydrogen-bond acceptors (Lipinski definition) is 5. The van der Waals surface area contributed by atoms with Crippen LogP contribution in [0.4, 0.5) is 0 Å². The maximum Gasteiger partial charge on any atom is 0.257 e. The summed E-state index contributed by atoms with van der Waals surface area (Å²) >= 11 is 0. The fourth-order valence-electron chi connectivity index (χ4n) is 4.55. The molecule has 0 N–H and O–H groups in total. The number of hydrogen-bond donors (Lipinski definition) is 0. The molecule has 6 heteroatoms. The van der Waals surface area contributed by atoms with Crippen LogP contribution < -0.4 is 0 Å². The maximum atomic E-state index is 13.4. The first-order chi connectivity index (χ1) is 14.7. The van der Waals surface area contributed by atoms with Gasteiger partial charge in [0.15, 0.2) is 0 Å². The number of amides is 1. The van der Waals surface area contributed by atoms with Gasteiger partial charge in [-0.1, -0.05) is 29.8 Å². The number of nitrogens with zero attached hydrogens (tertiary/aromatic N) is 3. The molecule has 2 atom stereocenters. The van der Waals surface area contributed by atoms with E-state index in [1.165, 1.54) is 11.1 Å². The van der Waals surface area contributed by atoms with Gasteiger partial charge < -0.3 is 8.83 Å². The SMILES string of the molecule is Cc1cccc(C2CCCN2CC(=O)N2N=C(c3ccco3)CC2c2ccco2)c1. The molecule has 154 valence electrons. The molecule has 6 nitrogen and oxygen atoms in total. The first kappa shape index (κ1) is 18.9. The van der Waals surface area contributed by atoms with Gasteiger partial charge >= 0.3 is 0 Å². The number of benzene rings is 1. The van der Waals surface area contributed by atoms with E-state index in [0.29, 0.717) is 18.7 Å². The monoisotopic (exact) mass is 403 g/mol. The highest BCUT2D eigenvalue weighted by Crippen LogP contribution is 2.35. The normalized spacial score (nSPS) is 21.9. The van der Waals surface area contributed by atoms with Crippen molar-refractivity contribution in [2.45, 2.75) is 38.3 Å². The lowest BCUT2D eigenvalue weighted by Crippen LogP contribution is -2.38. The Labute approximate surface area is 175 Å². The quantitative estimate of drug-likeness (QED) is 0.620. The van der Waals surface area contributed by atoms with Gasteiger partial charge in [-0.3, -0.25) is 9.69 Å². The van der Waals surface area contributed by atoms with E-state index in [1.54, 1.807) is 17.5 Å². The van der Waals surface area contributed by atoms with Gasteiger partial charge in [0.2, 0.25) is 0 Å². The van der Waals surface area contributed by atoms with Crippen LogP contribution >= 0.6 is 0 Å². The summed E-state index contributed by atoms with van der Waals surface area (Å²) in [6.07, 6.45) is 6.00. The molecule has 5 rings (SSSR count). The smallest absolute Gasteiger partial charge is 0.257 e. The van der Waals surface area contributed by atoms with Crippen molar-refractivity contribution in [3.05, 3.63) is 83.7 Å². The number of rotatable bonds is 5. The lowest BCUT2D eigenvalue weighted by atomic mass is 10.0. The van der Waals surface area contributed by atoms with Gasteiger partial charge in [-0.05, 0) is 56.1 Å². The van der Waals surface area contributed by atoms with Crippen LogP contribution in [0.5, 0.6) is 0 Å². The molecule has 0 spiro atoms. The Balaban J connectivity index is 1.38. The van der Waals surface area contributed by atoms with Crippen LogP contribution in [0, 0.1) is 6.92 Å². The summed E-state index contributed by atoms with van der Waals surface area (Å²) in [7, 11) is 0. The van der Waals surface area contributed by atoms with Crippen molar-refractivity contribution in [1.82, 2.24) is 9.91 Å². The third-order valence-corrected chi connectivity index (χ3v) is 5.97. The molecule has 2 aliphatic heterocycles. The number of furan rings is 2. The minimum Gasteiger partial charge on any atom is -0.467 e. The fourth-order valence-corrected chi connectivity index (χ4v) is 4.55. The molecule has 1 saturated heterocycles. The average molecular weight is 403 g/mol. The van der Waals surface area contributed by atoms with E-state index in [1.807, 2.05) is 24.3 Å². The first-order valence-electron chi connectivity index (χ1n) is 10.5. The molecule has 30 heavy (non-hydrogen) atoms. The van der Waals surface area contributed by atoms with Crippen LogP contribution in [0.15, 0.2) is 75.0 Å². The lowest BCUT2D eigenvalue weighted by molar-refractivity contribution is -0.134. The summed E-state index contributed by atoms with van der Waals surface area (Å²) in [5.41, 5.74) is 3.30. The summed E-state index contributed by atoms with van der Waals surface area (Å²) < 4.78 is 11.1. The summed E-state index contributed by atoms with van der Waals surface area (Å²) in [5, 5.41) is 6.23. The van der Waals surface area contributed by atoms with Crippen molar-refractivity contribution >= 4 is 11.6 Å². The van der Waals surface area contributed by atoms with Gasteiger partial charge in [0.1, 0.15) is 23.3 Å². The molecule has 1 amide bonds. The minimum atomic E-state index is -0.243. The van der Waals surface area contributed by atoms with E-state index >= 15 is 0 Å². The zero-order valence-electron chi connectivity index (χ0n) is 17.0. The molecule has 0 bridgehead atoms. The summed E-state index contributed by atoms with van der Waals surface area (Å²) in [6, 6.07) is 16.1. The van der Waals surface area contributed by atoms with Crippen molar-refractivity contribution in [3.8, 4) is 0 Å². The van der Waals surface area contributed by atoms with Crippen molar-refractivity contribution in [3.63, 3.8) is 0 Å². The highest BCUT2D eigenvalue weighted by molar-refractivity contribution is 6.01. The molecule has 1 fully saturated rings. The number of aryl methyl sites for hydroxylation is 1. The minimum absolute atomic E-state index is 0.0162.